The minimum Gasteiger partial charge on any atom is -0.496 e. The molecule has 1 aliphatic rings. The topological polar surface area (TPSA) is 89.4 Å². The van der Waals surface area contributed by atoms with Gasteiger partial charge in [0.1, 0.15) is 22.9 Å². The number of halogens is 1. The Balaban J connectivity index is 1.42. The lowest BCUT2D eigenvalue weighted by Gasteiger charge is -2.18. The van der Waals surface area contributed by atoms with Crippen molar-refractivity contribution in [3.05, 3.63) is 105 Å². The molecule has 0 aliphatic heterocycles. The molecule has 1 saturated carbocycles. The summed E-state index contributed by atoms with van der Waals surface area (Å²) in [5.74, 6) is 0.223. The van der Waals surface area contributed by atoms with Crippen LogP contribution in [0.1, 0.15) is 46.3 Å². The molecule has 1 heterocycles. The van der Waals surface area contributed by atoms with Gasteiger partial charge in [0, 0.05) is 43.9 Å². The Morgan fingerprint density at radius 3 is 2.44 bits per heavy atom. The summed E-state index contributed by atoms with van der Waals surface area (Å²) in [4.78, 5) is 37.0. The van der Waals surface area contributed by atoms with E-state index in [9.17, 15) is 14.4 Å². The minimum atomic E-state index is -0.471. The molecule has 7 nitrogen and oxygen atoms in total. The van der Waals surface area contributed by atoms with E-state index in [0.717, 1.165) is 34.2 Å². The SMILES string of the molecule is COc1cc(-c2cccc(-c3cccc(NC(=O)c4cccn(C)c4=O)c3C)c2C)cc(F)c1CNC[C@H]1CCC(=O)C1. The number of aromatic nitrogens is 1. The molecule has 0 unspecified atom stereocenters. The molecule has 222 valence electrons. The van der Waals surface area contributed by atoms with Gasteiger partial charge in [-0.15, -0.1) is 0 Å². The van der Waals surface area contributed by atoms with Crippen molar-refractivity contribution in [2.45, 2.75) is 39.7 Å². The zero-order valence-electron chi connectivity index (χ0n) is 24.9. The lowest BCUT2D eigenvalue weighted by atomic mass is 9.90. The van der Waals surface area contributed by atoms with E-state index >= 15 is 4.39 Å². The number of nitrogens with zero attached hydrogens (tertiary/aromatic N) is 1. The van der Waals surface area contributed by atoms with E-state index in [1.165, 1.54) is 23.8 Å². The molecule has 1 atom stereocenters. The Morgan fingerprint density at radius 1 is 1.00 bits per heavy atom. The molecule has 43 heavy (non-hydrogen) atoms. The molecule has 0 radical (unpaired) electrons. The van der Waals surface area contributed by atoms with Gasteiger partial charge in [-0.05, 0) is 96.4 Å². The van der Waals surface area contributed by atoms with Crippen molar-refractivity contribution in [2.75, 3.05) is 19.0 Å². The number of anilines is 1. The van der Waals surface area contributed by atoms with Gasteiger partial charge in [-0.1, -0.05) is 30.3 Å². The van der Waals surface area contributed by atoms with Crippen molar-refractivity contribution in [3.8, 4) is 28.0 Å². The van der Waals surface area contributed by atoms with E-state index in [1.54, 1.807) is 25.4 Å². The second kappa shape index (κ2) is 12.8. The monoisotopic (exact) mass is 581 g/mol. The van der Waals surface area contributed by atoms with Gasteiger partial charge in [0.05, 0.1) is 7.11 Å². The van der Waals surface area contributed by atoms with Crippen LogP contribution in [-0.2, 0) is 18.4 Å². The average Bonchev–Trinajstić information content (AvgIpc) is 3.41. The number of Topliss-reactive ketones (excluding diaryl/α,β-unsaturated/α-hetero) is 1. The van der Waals surface area contributed by atoms with Gasteiger partial charge in [-0.2, -0.15) is 0 Å². The van der Waals surface area contributed by atoms with Crippen molar-refractivity contribution >= 4 is 17.4 Å². The maximum Gasteiger partial charge on any atom is 0.263 e. The molecule has 2 N–H and O–H groups in total. The Labute approximate surface area is 250 Å². The maximum absolute atomic E-state index is 15.5. The third kappa shape index (κ3) is 6.29. The van der Waals surface area contributed by atoms with Crippen LogP contribution in [0, 0.1) is 25.6 Å². The molecule has 8 heteroatoms. The van der Waals surface area contributed by atoms with Crippen LogP contribution in [0.15, 0.2) is 71.7 Å². The summed E-state index contributed by atoms with van der Waals surface area (Å²) in [5, 5.41) is 6.20. The number of ether oxygens (including phenoxy) is 1. The molecule has 1 fully saturated rings. The summed E-state index contributed by atoms with van der Waals surface area (Å²) in [6.07, 6.45) is 3.70. The van der Waals surface area contributed by atoms with Crippen LogP contribution in [0.25, 0.3) is 22.3 Å². The second-order valence-corrected chi connectivity index (χ2v) is 11.2. The molecule has 4 aromatic rings. The fraction of sp³-hybridized carbons (Fsp3) is 0.286. The van der Waals surface area contributed by atoms with Crippen molar-refractivity contribution in [3.63, 3.8) is 0 Å². The number of benzene rings is 3. The molecule has 1 amide bonds. The Bertz CT molecular complexity index is 1760. The smallest absolute Gasteiger partial charge is 0.263 e. The first-order chi connectivity index (χ1) is 20.7. The van der Waals surface area contributed by atoms with E-state index < -0.39 is 5.91 Å². The van der Waals surface area contributed by atoms with Crippen LogP contribution in [0.3, 0.4) is 0 Å². The third-order valence-electron chi connectivity index (χ3n) is 8.34. The largest absolute Gasteiger partial charge is 0.496 e. The van der Waals surface area contributed by atoms with E-state index in [-0.39, 0.29) is 16.9 Å². The number of ketones is 1. The lowest BCUT2D eigenvalue weighted by Crippen LogP contribution is -2.27. The molecule has 3 aromatic carbocycles. The average molecular weight is 582 g/mol. The summed E-state index contributed by atoms with van der Waals surface area (Å²) in [7, 11) is 3.14. The number of carbonyl (C=O) groups is 2. The fourth-order valence-corrected chi connectivity index (χ4v) is 5.85. The van der Waals surface area contributed by atoms with Gasteiger partial charge in [-0.25, -0.2) is 4.39 Å². The zero-order valence-corrected chi connectivity index (χ0v) is 24.9. The number of hydrogen-bond acceptors (Lipinski definition) is 5. The lowest BCUT2D eigenvalue weighted by molar-refractivity contribution is -0.117. The predicted molar refractivity (Wildman–Crippen MR) is 167 cm³/mol. The first kappa shape index (κ1) is 29.9. The molecular formula is C35H36FN3O4. The van der Waals surface area contributed by atoms with E-state index in [1.807, 2.05) is 50.2 Å². The zero-order chi connectivity index (χ0) is 30.7. The molecule has 0 saturated heterocycles. The summed E-state index contributed by atoms with van der Waals surface area (Å²) in [5.41, 5.74) is 5.96. The summed E-state index contributed by atoms with van der Waals surface area (Å²) >= 11 is 0. The summed E-state index contributed by atoms with van der Waals surface area (Å²) in [6, 6.07) is 18.1. The second-order valence-electron chi connectivity index (χ2n) is 11.2. The van der Waals surface area contributed by atoms with E-state index in [2.05, 4.69) is 10.6 Å². The van der Waals surface area contributed by atoms with Gasteiger partial charge in [0.25, 0.3) is 11.5 Å². The summed E-state index contributed by atoms with van der Waals surface area (Å²) in [6.45, 7) is 4.89. The minimum absolute atomic E-state index is 0.0660. The highest BCUT2D eigenvalue weighted by molar-refractivity contribution is 6.05. The van der Waals surface area contributed by atoms with Crippen LogP contribution in [0.2, 0.25) is 0 Å². The fourth-order valence-electron chi connectivity index (χ4n) is 5.85. The number of rotatable bonds is 9. The molecule has 1 aromatic heterocycles. The summed E-state index contributed by atoms with van der Waals surface area (Å²) < 4.78 is 22.5. The molecule has 0 spiro atoms. The van der Waals surface area contributed by atoms with Crippen LogP contribution in [0.5, 0.6) is 5.75 Å². The van der Waals surface area contributed by atoms with Crippen LogP contribution in [-0.4, -0.2) is 29.9 Å². The Hall–Kier alpha value is -4.56. The number of amides is 1. The van der Waals surface area contributed by atoms with Crippen LogP contribution >= 0.6 is 0 Å². The number of hydrogen-bond donors (Lipinski definition) is 2. The molecule has 0 bridgehead atoms. The van der Waals surface area contributed by atoms with E-state index in [4.69, 9.17) is 4.74 Å². The number of nitrogens with one attached hydrogen (secondary N) is 2. The van der Waals surface area contributed by atoms with Crippen LogP contribution in [0.4, 0.5) is 10.1 Å². The Kier molecular flexibility index (Phi) is 8.87. The van der Waals surface area contributed by atoms with Crippen molar-refractivity contribution in [1.29, 1.82) is 0 Å². The van der Waals surface area contributed by atoms with Gasteiger partial charge < -0.3 is 19.9 Å². The standard InChI is InChI=1S/C35H36FN3O4/c1-21-26(24-17-31(36)30(33(18-24)43-4)20-37-19-23-13-14-25(40)16-23)8-5-9-27(21)28-10-6-12-32(22(28)2)38-34(41)29-11-7-15-39(3)35(29)42/h5-12,15,17-18,23,37H,13-14,16,19-20H2,1-4H3,(H,38,41)/t23-/m0/s1. The van der Waals surface area contributed by atoms with Crippen molar-refractivity contribution in [1.82, 2.24) is 9.88 Å². The number of aryl methyl sites for hydroxylation is 1. The molecule has 1 aliphatic carbocycles. The molecular weight excluding hydrogens is 545 g/mol. The van der Waals surface area contributed by atoms with Crippen LogP contribution < -0.4 is 20.9 Å². The highest BCUT2D eigenvalue weighted by Crippen LogP contribution is 2.37. The van der Waals surface area contributed by atoms with Crippen molar-refractivity contribution in [2.24, 2.45) is 13.0 Å². The maximum atomic E-state index is 15.5. The third-order valence-corrected chi connectivity index (χ3v) is 8.34. The predicted octanol–water partition coefficient (Wildman–Crippen LogP) is 6.19. The number of carbonyl (C=O) groups excluding carboxylic acids is 2. The normalized spacial score (nSPS) is 14.6. The van der Waals surface area contributed by atoms with Gasteiger partial charge in [0.2, 0.25) is 0 Å². The Morgan fingerprint density at radius 2 is 1.72 bits per heavy atom. The first-order valence-electron chi connectivity index (χ1n) is 14.4. The first-order valence-corrected chi connectivity index (χ1v) is 14.4. The molecule has 5 rings (SSSR count). The highest BCUT2D eigenvalue weighted by Gasteiger charge is 2.22. The van der Waals surface area contributed by atoms with Gasteiger partial charge in [0.15, 0.2) is 0 Å². The number of methoxy groups -OCH3 is 1. The number of pyridine rings is 1. The van der Waals surface area contributed by atoms with Gasteiger partial charge in [-0.3, -0.25) is 14.4 Å². The quantitative estimate of drug-likeness (QED) is 0.246. The van der Waals surface area contributed by atoms with E-state index in [0.29, 0.717) is 60.2 Å². The van der Waals surface area contributed by atoms with Crippen molar-refractivity contribution < 1.29 is 18.7 Å². The van der Waals surface area contributed by atoms with Gasteiger partial charge >= 0.3 is 0 Å². The highest BCUT2D eigenvalue weighted by atomic mass is 19.1.